The first-order valence-electron chi connectivity index (χ1n) is 5.63. The van der Waals surface area contributed by atoms with Crippen molar-refractivity contribution in [3.63, 3.8) is 0 Å². The maximum absolute atomic E-state index is 12.0. The maximum atomic E-state index is 12.0. The molecule has 0 spiro atoms. The first kappa shape index (κ1) is 11.1. The van der Waals surface area contributed by atoms with Crippen LogP contribution in [0.15, 0.2) is 18.5 Å². The van der Waals surface area contributed by atoms with Crippen LogP contribution in [-0.4, -0.2) is 34.3 Å². The molecule has 1 aromatic rings. The van der Waals surface area contributed by atoms with E-state index in [1.54, 1.807) is 17.1 Å². The Bertz CT molecular complexity index is 354. The summed E-state index contributed by atoms with van der Waals surface area (Å²) < 4.78 is 1.67. The zero-order chi connectivity index (χ0) is 11.6. The number of aromatic nitrogens is 2. The molecule has 2 atom stereocenters. The number of carbonyl (C=O) groups is 1. The average Bonchev–Trinajstić information content (AvgIpc) is 2.87. The molecule has 5 heteroatoms. The zero-order valence-corrected chi connectivity index (χ0v) is 9.73. The Kier molecular flexibility index (Phi) is 2.96. The van der Waals surface area contributed by atoms with E-state index in [0.717, 1.165) is 19.5 Å². The van der Waals surface area contributed by atoms with Crippen molar-refractivity contribution in [1.82, 2.24) is 20.4 Å². The predicted molar refractivity (Wildman–Crippen MR) is 61.0 cm³/mol. The van der Waals surface area contributed by atoms with Gasteiger partial charge in [0.1, 0.15) is 6.04 Å². The van der Waals surface area contributed by atoms with E-state index in [9.17, 15) is 4.79 Å². The fourth-order valence-corrected chi connectivity index (χ4v) is 1.96. The zero-order valence-electron chi connectivity index (χ0n) is 9.73. The molecule has 2 heterocycles. The summed E-state index contributed by atoms with van der Waals surface area (Å²) in [6, 6.07) is 1.57. The van der Waals surface area contributed by atoms with Crippen molar-refractivity contribution >= 4 is 5.91 Å². The molecule has 2 unspecified atom stereocenters. The molecule has 1 aliphatic heterocycles. The van der Waals surface area contributed by atoms with Gasteiger partial charge in [0, 0.05) is 18.9 Å². The third-order valence-electron chi connectivity index (χ3n) is 3.09. The molecule has 0 bridgehead atoms. The van der Waals surface area contributed by atoms with E-state index in [1.807, 2.05) is 13.0 Å². The van der Waals surface area contributed by atoms with E-state index in [4.69, 9.17) is 0 Å². The summed E-state index contributed by atoms with van der Waals surface area (Å²) in [7, 11) is 0. The first-order chi connectivity index (χ1) is 7.61. The smallest absolute Gasteiger partial charge is 0.245 e. The maximum Gasteiger partial charge on any atom is 0.245 e. The number of rotatable bonds is 3. The van der Waals surface area contributed by atoms with Gasteiger partial charge in [0.05, 0.1) is 5.54 Å². The topological polar surface area (TPSA) is 59.0 Å². The highest BCUT2D eigenvalue weighted by Gasteiger charge is 2.31. The van der Waals surface area contributed by atoms with Gasteiger partial charge in [-0.25, -0.2) is 0 Å². The quantitative estimate of drug-likeness (QED) is 0.774. The van der Waals surface area contributed by atoms with Crippen LogP contribution in [-0.2, 0) is 4.79 Å². The molecule has 1 saturated heterocycles. The fraction of sp³-hybridized carbons (Fsp3) is 0.636. The molecule has 0 aliphatic carbocycles. The molecular weight excluding hydrogens is 204 g/mol. The third-order valence-corrected chi connectivity index (χ3v) is 3.09. The summed E-state index contributed by atoms with van der Waals surface area (Å²) in [6.07, 6.45) is 4.46. The van der Waals surface area contributed by atoms with E-state index < -0.39 is 0 Å². The van der Waals surface area contributed by atoms with E-state index in [0.29, 0.717) is 0 Å². The second kappa shape index (κ2) is 4.25. The van der Waals surface area contributed by atoms with Crippen molar-refractivity contribution in [2.45, 2.75) is 31.8 Å². The monoisotopic (exact) mass is 222 g/mol. The Balaban J connectivity index is 1.98. The van der Waals surface area contributed by atoms with Crippen LogP contribution in [0.2, 0.25) is 0 Å². The highest BCUT2D eigenvalue weighted by Crippen LogP contribution is 2.15. The van der Waals surface area contributed by atoms with Crippen LogP contribution < -0.4 is 10.6 Å². The van der Waals surface area contributed by atoms with Crippen LogP contribution in [0.4, 0.5) is 0 Å². The van der Waals surface area contributed by atoms with Crippen LogP contribution >= 0.6 is 0 Å². The SMILES string of the molecule is CC(C(=O)NC1(C)CCNC1)n1cccn1. The lowest BCUT2D eigenvalue weighted by molar-refractivity contribution is -0.125. The summed E-state index contributed by atoms with van der Waals surface area (Å²) in [5.74, 6) is 0.0231. The molecule has 1 fully saturated rings. The van der Waals surface area contributed by atoms with E-state index >= 15 is 0 Å². The summed E-state index contributed by atoms with van der Waals surface area (Å²) in [5.41, 5.74) is -0.113. The minimum atomic E-state index is -0.257. The van der Waals surface area contributed by atoms with Gasteiger partial charge in [0.25, 0.3) is 0 Å². The van der Waals surface area contributed by atoms with Crippen LogP contribution in [0.3, 0.4) is 0 Å². The number of nitrogens with zero attached hydrogens (tertiary/aromatic N) is 2. The largest absolute Gasteiger partial charge is 0.348 e. The predicted octanol–water partition coefficient (Wildman–Crippen LogP) is 0.312. The number of hydrogen-bond donors (Lipinski definition) is 2. The minimum Gasteiger partial charge on any atom is -0.348 e. The molecule has 0 aromatic carbocycles. The molecule has 88 valence electrons. The van der Waals surface area contributed by atoms with Gasteiger partial charge >= 0.3 is 0 Å². The molecule has 0 radical (unpaired) electrons. The summed E-state index contributed by atoms with van der Waals surface area (Å²) in [4.78, 5) is 12.0. The van der Waals surface area contributed by atoms with Crippen LogP contribution in [0.25, 0.3) is 0 Å². The molecule has 1 amide bonds. The van der Waals surface area contributed by atoms with E-state index in [-0.39, 0.29) is 17.5 Å². The lowest BCUT2D eigenvalue weighted by Crippen LogP contribution is -2.49. The van der Waals surface area contributed by atoms with E-state index in [2.05, 4.69) is 22.7 Å². The minimum absolute atomic E-state index is 0.0231. The Hall–Kier alpha value is -1.36. The van der Waals surface area contributed by atoms with Gasteiger partial charge in [-0.3, -0.25) is 9.48 Å². The molecule has 2 N–H and O–H groups in total. The van der Waals surface area contributed by atoms with Crippen LogP contribution in [0.5, 0.6) is 0 Å². The van der Waals surface area contributed by atoms with Crippen molar-refractivity contribution in [1.29, 1.82) is 0 Å². The standard InChI is InChI=1S/C11H18N4O/c1-9(15-7-3-5-13-15)10(16)14-11(2)4-6-12-8-11/h3,5,7,9,12H,4,6,8H2,1-2H3,(H,14,16). The Morgan fingerprint density at radius 3 is 3.06 bits per heavy atom. The molecule has 1 aliphatic rings. The normalized spacial score (nSPS) is 26.6. The van der Waals surface area contributed by atoms with Crippen molar-refractivity contribution < 1.29 is 4.79 Å². The van der Waals surface area contributed by atoms with Gasteiger partial charge in [0.2, 0.25) is 5.91 Å². The van der Waals surface area contributed by atoms with Crippen molar-refractivity contribution in [2.75, 3.05) is 13.1 Å². The molecule has 5 nitrogen and oxygen atoms in total. The average molecular weight is 222 g/mol. The summed E-state index contributed by atoms with van der Waals surface area (Å²) >= 11 is 0. The van der Waals surface area contributed by atoms with Gasteiger partial charge in [-0.05, 0) is 32.9 Å². The molecule has 0 saturated carbocycles. The number of nitrogens with one attached hydrogen (secondary N) is 2. The summed E-state index contributed by atoms with van der Waals surface area (Å²) in [6.45, 7) is 5.73. The first-order valence-corrected chi connectivity index (χ1v) is 5.63. The highest BCUT2D eigenvalue weighted by atomic mass is 16.2. The number of amides is 1. The summed E-state index contributed by atoms with van der Waals surface area (Å²) in [5, 5.41) is 10.4. The molecule has 2 rings (SSSR count). The highest BCUT2D eigenvalue weighted by molar-refractivity contribution is 5.80. The second-order valence-corrected chi connectivity index (χ2v) is 4.64. The Morgan fingerprint density at radius 1 is 1.69 bits per heavy atom. The van der Waals surface area contributed by atoms with E-state index in [1.165, 1.54) is 0 Å². The Morgan fingerprint density at radius 2 is 2.50 bits per heavy atom. The van der Waals surface area contributed by atoms with Crippen molar-refractivity contribution in [3.05, 3.63) is 18.5 Å². The third kappa shape index (κ3) is 2.24. The Labute approximate surface area is 95.2 Å². The van der Waals surface area contributed by atoms with Gasteiger partial charge in [0.15, 0.2) is 0 Å². The molecular formula is C11H18N4O. The lowest BCUT2D eigenvalue weighted by atomic mass is 10.0. The molecule has 1 aromatic heterocycles. The van der Waals surface area contributed by atoms with Crippen LogP contribution in [0.1, 0.15) is 26.3 Å². The van der Waals surface area contributed by atoms with Gasteiger partial charge < -0.3 is 10.6 Å². The lowest BCUT2D eigenvalue weighted by Gasteiger charge is -2.26. The number of hydrogen-bond acceptors (Lipinski definition) is 3. The number of carbonyl (C=O) groups excluding carboxylic acids is 1. The van der Waals surface area contributed by atoms with Gasteiger partial charge in [-0.1, -0.05) is 0 Å². The van der Waals surface area contributed by atoms with Gasteiger partial charge in [-0.2, -0.15) is 5.10 Å². The van der Waals surface area contributed by atoms with Gasteiger partial charge in [-0.15, -0.1) is 0 Å². The second-order valence-electron chi connectivity index (χ2n) is 4.64. The van der Waals surface area contributed by atoms with Crippen molar-refractivity contribution in [3.8, 4) is 0 Å². The van der Waals surface area contributed by atoms with Crippen molar-refractivity contribution in [2.24, 2.45) is 0 Å². The molecule has 16 heavy (non-hydrogen) atoms. The van der Waals surface area contributed by atoms with Crippen LogP contribution in [0, 0.1) is 0 Å². The fourth-order valence-electron chi connectivity index (χ4n) is 1.96.